The summed E-state index contributed by atoms with van der Waals surface area (Å²) < 4.78 is 8.67. The number of aromatic nitrogens is 12. The first-order valence-corrected chi connectivity index (χ1v) is 19.2. The normalized spacial score (nSPS) is 11.0. The van der Waals surface area contributed by atoms with Crippen molar-refractivity contribution in [2.24, 2.45) is 0 Å². The second kappa shape index (κ2) is 20.4. The van der Waals surface area contributed by atoms with Crippen molar-refractivity contribution in [1.29, 1.82) is 0 Å². The summed E-state index contributed by atoms with van der Waals surface area (Å²) in [7, 11) is 0. The maximum absolute atomic E-state index is 4.43. The Kier molecular flexibility index (Phi) is 18.1. The molecule has 0 aliphatic heterocycles. The number of tetrazole rings is 1. The van der Waals surface area contributed by atoms with E-state index in [1.807, 2.05) is 39.3 Å². The fraction of sp³-hybridized carbons (Fsp3) is 0.683. The number of rotatable bonds is 5. The maximum Gasteiger partial charge on any atom is 0.171 e. The fourth-order valence-electron chi connectivity index (χ4n) is 6.16. The Morgan fingerprint density at radius 1 is 0.377 bits per heavy atom. The lowest BCUT2D eigenvalue weighted by Gasteiger charge is -2.13. The van der Waals surface area contributed by atoms with Crippen molar-refractivity contribution in [3.63, 3.8) is 0 Å². The molecule has 0 aliphatic rings. The van der Waals surface area contributed by atoms with Gasteiger partial charge in [0.15, 0.2) is 5.82 Å². The van der Waals surface area contributed by atoms with Crippen molar-refractivity contribution in [3.8, 4) is 0 Å². The molecule has 53 heavy (non-hydrogen) atoms. The topological polar surface area (TPSA) is 115 Å². The van der Waals surface area contributed by atoms with Gasteiger partial charge in [0.05, 0.1) is 28.8 Å². The van der Waals surface area contributed by atoms with Crippen molar-refractivity contribution in [2.45, 2.75) is 189 Å². The third-order valence-corrected chi connectivity index (χ3v) is 9.78. The van der Waals surface area contributed by atoms with Gasteiger partial charge in [-0.1, -0.05) is 5.21 Å². The summed E-state index contributed by atoms with van der Waals surface area (Å²) in [6.07, 6.45) is 0. The molecule has 0 N–H and O–H groups in total. The first-order valence-electron chi connectivity index (χ1n) is 19.2. The van der Waals surface area contributed by atoms with E-state index < -0.39 is 0 Å². The molecule has 12 nitrogen and oxygen atoms in total. The third kappa shape index (κ3) is 12.5. The van der Waals surface area contributed by atoms with Gasteiger partial charge in [0, 0.05) is 46.9 Å². The second-order valence-corrected chi connectivity index (χ2v) is 15.6. The highest BCUT2D eigenvalue weighted by molar-refractivity contribution is 5.35. The summed E-state index contributed by atoms with van der Waals surface area (Å²) in [5, 5.41) is 23.9. The number of hydrogen-bond donors (Lipinski definition) is 0. The molecule has 0 fully saturated rings. The van der Waals surface area contributed by atoms with Gasteiger partial charge in [-0.15, -0.1) is 15.3 Å². The Morgan fingerprint density at radius 3 is 1.06 bits per heavy atom. The van der Waals surface area contributed by atoms with E-state index in [9.17, 15) is 0 Å². The Hall–Kier alpha value is -4.09. The zero-order valence-electron chi connectivity index (χ0n) is 37.8. The first kappa shape index (κ1) is 46.9. The van der Waals surface area contributed by atoms with Crippen LogP contribution in [0, 0.1) is 90.0 Å². The molecule has 5 heterocycles. The summed E-state index contributed by atoms with van der Waals surface area (Å²) in [5.41, 5.74) is 14.1. The van der Waals surface area contributed by atoms with Gasteiger partial charge in [0.25, 0.3) is 0 Å². The minimum atomic E-state index is 0.311. The summed E-state index contributed by atoms with van der Waals surface area (Å²) in [5.74, 6) is 1.85. The van der Waals surface area contributed by atoms with E-state index in [2.05, 4.69) is 174 Å². The molecule has 5 aromatic rings. The Morgan fingerprint density at radius 2 is 0.868 bits per heavy atom. The summed E-state index contributed by atoms with van der Waals surface area (Å²) in [4.78, 5) is 5.99. The third-order valence-electron chi connectivity index (χ3n) is 9.78. The van der Waals surface area contributed by atoms with Crippen LogP contribution < -0.4 is 0 Å². The minimum absolute atomic E-state index is 0.311. The summed E-state index contributed by atoms with van der Waals surface area (Å²) in [6, 6.07) is 2.31. The SMILES string of the molecule is Cc1c(C)c(C)n(C(C)C)c1C.Cc1nc(C)n(C(C)C)c1C.Cc1nn(C(C)C)c(C)c1C.Cc1nnn(C(C)C)c1C.Cc1nnn(C(C)C)n1. The molecule has 0 atom stereocenters. The van der Waals surface area contributed by atoms with Crippen molar-refractivity contribution in [3.05, 3.63) is 73.9 Å². The van der Waals surface area contributed by atoms with Gasteiger partial charge in [-0.3, -0.25) is 4.68 Å². The van der Waals surface area contributed by atoms with Crippen LogP contribution in [-0.2, 0) is 0 Å². The van der Waals surface area contributed by atoms with Crippen LogP contribution in [0.25, 0.3) is 0 Å². The van der Waals surface area contributed by atoms with E-state index in [0.29, 0.717) is 30.2 Å². The van der Waals surface area contributed by atoms with E-state index in [0.717, 1.165) is 34.4 Å². The van der Waals surface area contributed by atoms with Gasteiger partial charge in [-0.2, -0.15) is 9.90 Å². The Bertz CT molecular complexity index is 1830. The Balaban J connectivity index is 0.000000332. The van der Waals surface area contributed by atoms with Gasteiger partial charge in [-0.25, -0.2) is 9.67 Å². The van der Waals surface area contributed by atoms with Crippen LogP contribution in [0.3, 0.4) is 0 Å². The summed E-state index contributed by atoms with van der Waals surface area (Å²) >= 11 is 0. The van der Waals surface area contributed by atoms with Crippen molar-refractivity contribution < 1.29 is 0 Å². The number of aryl methyl sites for hydroxylation is 5. The second-order valence-electron chi connectivity index (χ2n) is 15.6. The van der Waals surface area contributed by atoms with Crippen LogP contribution in [0.15, 0.2) is 0 Å². The molecule has 5 aromatic heterocycles. The van der Waals surface area contributed by atoms with Crippen LogP contribution >= 0.6 is 0 Å². The number of hydrogen-bond acceptors (Lipinski definition) is 7. The standard InChI is InChI=1S/C11H19N.2C9H16N2.C7H13N3.C5H10N4/c1-7(2)12-10(5)8(3)9(4)11(12)6;1-6(2)11-8(4)7(3)10-9(11)5;1-6(2)11-9(5)7(3)8(4)10-11;1-5(2)10-7(4)6(3)8-9-10;1-4(2)9-7-5(3)6-8-9/h7H,1-6H3;2*6H,1-5H3;5H,1-4H3;4H,1-3H3. The zero-order valence-corrected chi connectivity index (χ0v) is 37.8. The highest BCUT2D eigenvalue weighted by Gasteiger charge is 2.13. The lowest BCUT2D eigenvalue weighted by atomic mass is 10.2. The smallest absolute Gasteiger partial charge is 0.171 e. The molecular formula is C41H74N12. The molecular weight excluding hydrogens is 661 g/mol. The van der Waals surface area contributed by atoms with Gasteiger partial charge in [-0.05, 0) is 181 Å². The van der Waals surface area contributed by atoms with Crippen LogP contribution in [0.5, 0.6) is 0 Å². The molecule has 0 aromatic carbocycles. The lowest BCUT2D eigenvalue weighted by molar-refractivity contribution is 0.454. The predicted octanol–water partition coefficient (Wildman–Crippen LogP) is 10.1. The largest absolute Gasteiger partial charge is 0.346 e. The highest BCUT2D eigenvalue weighted by Crippen LogP contribution is 2.24. The number of imidazole rings is 1. The van der Waals surface area contributed by atoms with E-state index in [1.165, 1.54) is 39.5 Å². The molecule has 0 bridgehead atoms. The van der Waals surface area contributed by atoms with Crippen LogP contribution in [0.4, 0.5) is 0 Å². The summed E-state index contributed by atoms with van der Waals surface area (Å²) in [6.45, 7) is 48.5. The van der Waals surface area contributed by atoms with Crippen molar-refractivity contribution in [1.82, 2.24) is 59.1 Å². The first-order chi connectivity index (χ1) is 24.4. The average molecular weight is 735 g/mol. The molecule has 0 aliphatic carbocycles. The lowest BCUT2D eigenvalue weighted by Crippen LogP contribution is -2.04. The molecule has 0 radical (unpaired) electrons. The van der Waals surface area contributed by atoms with E-state index in [1.54, 1.807) is 4.80 Å². The fourth-order valence-corrected chi connectivity index (χ4v) is 6.16. The minimum Gasteiger partial charge on any atom is -0.346 e. The van der Waals surface area contributed by atoms with Gasteiger partial charge >= 0.3 is 0 Å². The monoisotopic (exact) mass is 735 g/mol. The van der Waals surface area contributed by atoms with Crippen LogP contribution in [0.2, 0.25) is 0 Å². The maximum atomic E-state index is 4.43. The molecule has 298 valence electrons. The van der Waals surface area contributed by atoms with Gasteiger partial charge in [0.2, 0.25) is 0 Å². The van der Waals surface area contributed by atoms with Crippen molar-refractivity contribution in [2.75, 3.05) is 0 Å². The number of nitrogens with zero attached hydrogens (tertiary/aromatic N) is 12. The average Bonchev–Trinajstić information content (AvgIpc) is 3.82. The van der Waals surface area contributed by atoms with E-state index >= 15 is 0 Å². The molecule has 12 heteroatoms. The highest BCUT2D eigenvalue weighted by atomic mass is 15.6. The molecule has 5 rings (SSSR count). The molecule has 0 spiro atoms. The molecule has 0 saturated carbocycles. The van der Waals surface area contributed by atoms with Gasteiger partial charge in [0.1, 0.15) is 5.82 Å². The van der Waals surface area contributed by atoms with Crippen molar-refractivity contribution >= 4 is 0 Å². The molecule has 0 amide bonds. The Labute approximate surface area is 321 Å². The quantitative estimate of drug-likeness (QED) is 0.177. The van der Waals surface area contributed by atoms with Gasteiger partial charge < -0.3 is 9.13 Å². The molecule has 0 unspecified atom stereocenters. The zero-order chi connectivity index (χ0) is 41.2. The van der Waals surface area contributed by atoms with E-state index in [4.69, 9.17) is 0 Å². The van der Waals surface area contributed by atoms with Crippen LogP contribution in [-0.4, -0.2) is 59.1 Å². The van der Waals surface area contributed by atoms with E-state index in [-0.39, 0.29) is 0 Å². The molecule has 0 saturated heterocycles. The van der Waals surface area contributed by atoms with Crippen LogP contribution in [0.1, 0.15) is 173 Å². The predicted molar refractivity (Wildman–Crippen MR) is 220 cm³/mol.